The zero-order chi connectivity index (χ0) is 17.7. The summed E-state index contributed by atoms with van der Waals surface area (Å²) in [5.74, 6) is 0. The predicted octanol–water partition coefficient (Wildman–Crippen LogP) is 3.62. The lowest BCUT2D eigenvalue weighted by molar-refractivity contribution is 0.710. The standard InChI is InChI=1S/C19H14ClN5/c20-19(12-22)7-5-15(6-8-19)9-18(11-25-14-23-13-24-25)17-3-1-16(10-21)2-4-17/h1-7,9,13-14H,8,11H2/b18-9+. The van der Waals surface area contributed by atoms with E-state index in [1.165, 1.54) is 6.33 Å². The fourth-order valence-electron chi connectivity index (χ4n) is 2.49. The smallest absolute Gasteiger partial charge is 0.152 e. The average Bonchev–Trinajstić information content (AvgIpc) is 3.16. The highest BCUT2D eigenvalue weighted by atomic mass is 35.5. The van der Waals surface area contributed by atoms with Crippen molar-refractivity contribution in [3.63, 3.8) is 0 Å². The van der Waals surface area contributed by atoms with Gasteiger partial charge in [0.25, 0.3) is 0 Å². The minimum atomic E-state index is -0.960. The molecule has 3 rings (SSSR count). The van der Waals surface area contributed by atoms with Gasteiger partial charge in [0.15, 0.2) is 4.87 Å². The Hall–Kier alpha value is -3.15. The molecule has 0 bridgehead atoms. The summed E-state index contributed by atoms with van der Waals surface area (Å²) in [7, 11) is 0. The highest BCUT2D eigenvalue weighted by Crippen LogP contribution is 2.29. The molecule has 25 heavy (non-hydrogen) atoms. The van der Waals surface area contributed by atoms with Crippen LogP contribution in [0, 0.1) is 22.7 Å². The molecule has 0 N–H and O–H groups in total. The number of aromatic nitrogens is 3. The van der Waals surface area contributed by atoms with E-state index in [1.54, 1.807) is 29.2 Å². The Kier molecular flexibility index (Phi) is 4.79. The van der Waals surface area contributed by atoms with Gasteiger partial charge in [-0.05, 0) is 41.0 Å². The molecule has 0 saturated heterocycles. The summed E-state index contributed by atoms with van der Waals surface area (Å²) in [6, 6.07) is 11.6. The average molecular weight is 348 g/mol. The fraction of sp³-hybridized carbons (Fsp3) is 0.158. The Morgan fingerprint density at radius 2 is 2.12 bits per heavy atom. The van der Waals surface area contributed by atoms with E-state index in [9.17, 15) is 0 Å². The molecular formula is C19H14ClN5. The lowest BCUT2D eigenvalue weighted by atomic mass is 9.94. The number of nitriles is 2. The fourth-order valence-corrected chi connectivity index (χ4v) is 2.63. The van der Waals surface area contributed by atoms with E-state index < -0.39 is 4.87 Å². The maximum atomic E-state index is 9.09. The molecule has 122 valence electrons. The van der Waals surface area contributed by atoms with Gasteiger partial charge in [-0.25, -0.2) is 9.67 Å². The van der Waals surface area contributed by atoms with Crippen molar-refractivity contribution in [2.75, 3.05) is 0 Å². The second kappa shape index (κ2) is 7.17. The van der Waals surface area contributed by atoms with E-state index in [1.807, 2.05) is 30.4 Å². The van der Waals surface area contributed by atoms with Crippen LogP contribution in [0.5, 0.6) is 0 Å². The first-order valence-corrected chi connectivity index (χ1v) is 8.03. The Labute approximate surface area is 150 Å². The Morgan fingerprint density at radius 3 is 2.68 bits per heavy atom. The van der Waals surface area contributed by atoms with Gasteiger partial charge in [0.1, 0.15) is 12.7 Å². The van der Waals surface area contributed by atoms with Gasteiger partial charge in [-0.2, -0.15) is 15.6 Å². The van der Waals surface area contributed by atoms with Crippen LogP contribution in [0.4, 0.5) is 0 Å². The minimum Gasteiger partial charge on any atom is -0.249 e. The van der Waals surface area contributed by atoms with Gasteiger partial charge in [0, 0.05) is 6.42 Å². The summed E-state index contributed by atoms with van der Waals surface area (Å²) < 4.78 is 1.73. The third-order valence-corrected chi connectivity index (χ3v) is 4.25. The Morgan fingerprint density at radius 1 is 1.32 bits per heavy atom. The van der Waals surface area contributed by atoms with Gasteiger partial charge in [-0.1, -0.05) is 35.9 Å². The summed E-state index contributed by atoms with van der Waals surface area (Å²) in [4.78, 5) is 3.01. The number of rotatable bonds is 4. The van der Waals surface area contributed by atoms with Crippen LogP contribution in [0.25, 0.3) is 5.57 Å². The predicted molar refractivity (Wildman–Crippen MR) is 95.2 cm³/mol. The van der Waals surface area contributed by atoms with Crippen LogP contribution in [-0.2, 0) is 6.54 Å². The van der Waals surface area contributed by atoms with Gasteiger partial charge in [-0.3, -0.25) is 0 Å². The van der Waals surface area contributed by atoms with E-state index in [0.717, 1.165) is 16.7 Å². The quantitative estimate of drug-likeness (QED) is 0.791. The number of hydrogen-bond donors (Lipinski definition) is 0. The lowest BCUT2D eigenvalue weighted by Gasteiger charge is -2.17. The molecule has 1 aliphatic rings. The molecular weight excluding hydrogens is 334 g/mol. The maximum absolute atomic E-state index is 9.09. The lowest BCUT2D eigenvalue weighted by Crippen LogP contribution is -2.16. The Bertz CT molecular complexity index is 924. The second-order valence-electron chi connectivity index (χ2n) is 5.67. The monoisotopic (exact) mass is 347 g/mol. The van der Waals surface area contributed by atoms with Crippen molar-refractivity contribution in [1.29, 1.82) is 10.5 Å². The van der Waals surface area contributed by atoms with E-state index in [0.29, 0.717) is 18.5 Å². The molecule has 1 aliphatic carbocycles. The van der Waals surface area contributed by atoms with Crippen LogP contribution in [0.2, 0.25) is 0 Å². The zero-order valence-electron chi connectivity index (χ0n) is 13.3. The van der Waals surface area contributed by atoms with Crippen LogP contribution in [-0.4, -0.2) is 19.6 Å². The highest BCUT2D eigenvalue weighted by Gasteiger charge is 2.24. The number of benzene rings is 1. The van der Waals surface area contributed by atoms with Crippen LogP contribution >= 0.6 is 11.6 Å². The summed E-state index contributed by atoms with van der Waals surface area (Å²) >= 11 is 6.16. The van der Waals surface area contributed by atoms with Crippen molar-refractivity contribution in [3.05, 3.63) is 77.9 Å². The molecule has 0 saturated carbocycles. The third-order valence-electron chi connectivity index (χ3n) is 3.89. The van der Waals surface area contributed by atoms with Crippen LogP contribution in [0.1, 0.15) is 17.5 Å². The van der Waals surface area contributed by atoms with Crippen molar-refractivity contribution < 1.29 is 0 Å². The first-order valence-electron chi connectivity index (χ1n) is 7.65. The molecule has 0 fully saturated rings. The summed E-state index contributed by atoms with van der Waals surface area (Å²) in [5, 5.41) is 22.2. The first kappa shape index (κ1) is 16.7. The molecule has 0 spiro atoms. The molecule has 1 aromatic heterocycles. The molecule has 0 amide bonds. The molecule has 2 aromatic rings. The van der Waals surface area contributed by atoms with Crippen molar-refractivity contribution in [1.82, 2.24) is 14.8 Å². The van der Waals surface area contributed by atoms with E-state index >= 15 is 0 Å². The summed E-state index contributed by atoms with van der Waals surface area (Å²) in [6.07, 6.45) is 11.1. The molecule has 1 aromatic carbocycles. The van der Waals surface area contributed by atoms with Gasteiger partial charge in [-0.15, -0.1) is 0 Å². The summed E-state index contributed by atoms with van der Waals surface area (Å²) in [6.45, 7) is 0.543. The summed E-state index contributed by atoms with van der Waals surface area (Å²) in [5.41, 5.74) is 3.60. The van der Waals surface area contributed by atoms with E-state index in [-0.39, 0.29) is 0 Å². The highest BCUT2D eigenvalue weighted by molar-refractivity contribution is 6.27. The van der Waals surface area contributed by atoms with Gasteiger partial charge in [0.05, 0.1) is 24.2 Å². The number of allylic oxidation sites excluding steroid dienone is 6. The maximum Gasteiger partial charge on any atom is 0.152 e. The molecule has 1 unspecified atom stereocenters. The van der Waals surface area contributed by atoms with Crippen molar-refractivity contribution in [2.24, 2.45) is 0 Å². The Balaban J connectivity index is 1.92. The van der Waals surface area contributed by atoms with E-state index in [2.05, 4.69) is 22.2 Å². The topological polar surface area (TPSA) is 78.3 Å². The van der Waals surface area contributed by atoms with Crippen LogP contribution < -0.4 is 0 Å². The second-order valence-corrected chi connectivity index (χ2v) is 6.34. The molecule has 6 heteroatoms. The van der Waals surface area contributed by atoms with Gasteiger partial charge in [0.2, 0.25) is 0 Å². The number of nitrogens with zero attached hydrogens (tertiary/aromatic N) is 5. The van der Waals surface area contributed by atoms with Crippen molar-refractivity contribution >= 4 is 17.2 Å². The number of alkyl halides is 1. The van der Waals surface area contributed by atoms with Crippen LogP contribution in [0.3, 0.4) is 0 Å². The first-order chi connectivity index (χ1) is 12.1. The van der Waals surface area contributed by atoms with Gasteiger partial charge >= 0.3 is 0 Å². The third kappa shape index (κ3) is 4.03. The van der Waals surface area contributed by atoms with Crippen molar-refractivity contribution in [3.8, 4) is 12.1 Å². The number of hydrogen-bond acceptors (Lipinski definition) is 4. The SMILES string of the molecule is N#Cc1ccc(/C(=C/C2=CCC(Cl)(C#N)C=C2)Cn2cncn2)cc1. The molecule has 5 nitrogen and oxygen atoms in total. The van der Waals surface area contributed by atoms with Crippen molar-refractivity contribution in [2.45, 2.75) is 17.8 Å². The largest absolute Gasteiger partial charge is 0.249 e. The normalized spacial score (nSPS) is 19.8. The van der Waals surface area contributed by atoms with E-state index in [4.69, 9.17) is 22.1 Å². The van der Waals surface area contributed by atoms with Gasteiger partial charge < -0.3 is 0 Å². The van der Waals surface area contributed by atoms with Crippen LogP contribution in [0.15, 0.2) is 66.8 Å². The number of halogens is 1. The minimum absolute atomic E-state index is 0.456. The molecule has 0 aliphatic heterocycles. The molecule has 1 atom stereocenters. The molecule has 1 heterocycles. The zero-order valence-corrected chi connectivity index (χ0v) is 14.1. The molecule has 0 radical (unpaired) electrons.